The van der Waals surface area contributed by atoms with Crippen LogP contribution in [0, 0.1) is 0 Å². The van der Waals surface area contributed by atoms with E-state index in [9.17, 15) is 19.2 Å². The zero-order valence-electron chi connectivity index (χ0n) is 15.6. The Balaban J connectivity index is 0.000000421. The number of hydrogen-bond donors (Lipinski definition) is 0. The van der Waals surface area contributed by atoms with E-state index in [-0.39, 0.29) is 18.9 Å². The molecule has 2 aliphatic rings. The fraction of sp³-hybridized carbons (Fsp3) is 0.647. The summed E-state index contributed by atoms with van der Waals surface area (Å²) in [5, 5.41) is 0.516. The van der Waals surface area contributed by atoms with Crippen molar-refractivity contribution in [3.05, 3.63) is 12.2 Å². The zero-order valence-corrected chi connectivity index (χ0v) is 14.6. The third-order valence-electron chi connectivity index (χ3n) is 3.14. The van der Waals surface area contributed by atoms with Crippen LogP contribution in [0.1, 0.15) is 67.1 Å². The molecule has 0 aromatic carbocycles. The smallest absolute Gasteiger partial charge is 0.330 e. The maximum atomic E-state index is 10.7. The summed E-state index contributed by atoms with van der Waals surface area (Å²) in [5.41, 5.74) is 0. The number of hydroxylamine groups is 2. The zero-order chi connectivity index (χ0) is 19.2. The van der Waals surface area contributed by atoms with Crippen LogP contribution < -0.4 is 0 Å². The van der Waals surface area contributed by atoms with Crippen molar-refractivity contribution < 1.29 is 30.1 Å². The van der Waals surface area contributed by atoms with Crippen molar-refractivity contribution in [3.63, 3.8) is 0 Å². The van der Waals surface area contributed by atoms with E-state index in [1.165, 1.54) is 12.8 Å². The predicted molar refractivity (Wildman–Crippen MR) is 87.4 cm³/mol. The van der Waals surface area contributed by atoms with Gasteiger partial charge in [0.15, 0.2) is 1.37 Å². The molecule has 2 rings (SSSR count). The average Bonchev–Trinajstić information content (AvgIpc) is 2.84. The Kier molecular flexibility index (Phi) is 11.0. The molecule has 1 saturated heterocycles. The van der Waals surface area contributed by atoms with E-state index in [2.05, 4.69) is 4.84 Å². The normalized spacial score (nSPS) is 21.7. The number of amides is 2. The Bertz CT molecular complexity index is 476. The van der Waals surface area contributed by atoms with Crippen molar-refractivity contribution >= 4 is 24.2 Å². The van der Waals surface area contributed by atoms with Crippen molar-refractivity contribution in [1.29, 1.82) is 0 Å². The van der Waals surface area contributed by atoms with Crippen molar-refractivity contribution in [2.24, 2.45) is 0 Å². The molecular formula is C17H27NO6. The Morgan fingerprint density at radius 1 is 1.25 bits per heavy atom. The molecule has 1 atom stereocenters. The number of ether oxygens (including phenoxy) is 1. The lowest BCUT2D eigenvalue weighted by molar-refractivity contribution is -0.195. The third-order valence-corrected chi connectivity index (χ3v) is 3.14. The minimum atomic E-state index is -0.926. The molecule has 7 nitrogen and oxygen atoms in total. The number of imide groups is 1. The molecule has 1 aliphatic heterocycles. The van der Waals surface area contributed by atoms with Gasteiger partial charge in [0.05, 0.1) is 0 Å². The summed E-state index contributed by atoms with van der Waals surface area (Å²) in [6.45, 7) is 5.14. The van der Waals surface area contributed by atoms with Gasteiger partial charge in [-0.05, 0) is 31.8 Å². The van der Waals surface area contributed by atoms with Gasteiger partial charge >= 0.3 is 5.97 Å². The minimum Gasteiger partial charge on any atom is -0.460 e. The van der Waals surface area contributed by atoms with E-state index in [4.69, 9.17) is 6.11 Å². The van der Waals surface area contributed by atoms with Gasteiger partial charge in [0.2, 0.25) is 0 Å². The molecule has 0 aromatic rings. The molecule has 0 saturated carbocycles. The summed E-state index contributed by atoms with van der Waals surface area (Å²) in [6, 6.07) is 0. The van der Waals surface area contributed by atoms with Gasteiger partial charge in [0, 0.05) is 19.8 Å². The Morgan fingerprint density at radius 2 is 1.88 bits per heavy atom. The van der Waals surface area contributed by atoms with Gasteiger partial charge in [0.1, 0.15) is 6.10 Å². The van der Waals surface area contributed by atoms with Crippen molar-refractivity contribution in [3.8, 4) is 0 Å². The average molecular weight is 342 g/mol. The maximum Gasteiger partial charge on any atom is 0.330 e. The largest absolute Gasteiger partial charge is 0.460 e. The molecule has 136 valence electrons. The summed E-state index contributed by atoms with van der Waals surface area (Å²) in [6.07, 6.45) is 8.53. The van der Waals surface area contributed by atoms with Gasteiger partial charge < -0.3 is 9.57 Å². The first kappa shape index (κ1) is 19.9. The highest BCUT2D eigenvalue weighted by Crippen LogP contribution is 2.13. The van der Waals surface area contributed by atoms with Crippen molar-refractivity contribution in [2.75, 3.05) is 0 Å². The molecule has 0 aromatic heterocycles. The second kappa shape index (κ2) is 13.3. The number of rotatable bonds is 2. The highest BCUT2D eigenvalue weighted by molar-refractivity contribution is 6.01. The van der Waals surface area contributed by atoms with E-state index >= 15 is 0 Å². The van der Waals surface area contributed by atoms with E-state index in [0.717, 1.165) is 26.2 Å². The third kappa shape index (κ3) is 9.07. The number of nitrogens with zero attached hydrogens (tertiary/aromatic N) is 1. The first-order chi connectivity index (χ1) is 11.9. The Hall–Kier alpha value is -2.18. The van der Waals surface area contributed by atoms with Gasteiger partial charge in [-0.15, -0.1) is 5.06 Å². The molecular weight excluding hydrogens is 314 g/mol. The van der Waals surface area contributed by atoms with Crippen LogP contribution in [-0.4, -0.2) is 35.4 Å². The summed E-state index contributed by atoms with van der Waals surface area (Å²) >= 11 is 0. The van der Waals surface area contributed by atoms with Crippen molar-refractivity contribution in [2.45, 2.75) is 71.8 Å². The van der Waals surface area contributed by atoms with E-state index in [1.54, 1.807) is 0 Å². The minimum absolute atomic E-state index is 0.131. The Labute approximate surface area is 144 Å². The number of hydrogen-bond acceptors (Lipinski definition) is 6. The quantitative estimate of drug-likeness (QED) is 0.435. The van der Waals surface area contributed by atoms with Crippen LogP contribution in [0.3, 0.4) is 0 Å². The first-order valence-corrected chi connectivity index (χ1v) is 8.28. The predicted octanol–water partition coefficient (Wildman–Crippen LogP) is 2.69. The van der Waals surface area contributed by atoms with Crippen LogP contribution in [0.4, 0.5) is 0 Å². The number of carbonyl (C=O) groups is 4. The fourth-order valence-electron chi connectivity index (χ4n) is 2.08. The Morgan fingerprint density at radius 3 is 2.42 bits per heavy atom. The summed E-state index contributed by atoms with van der Waals surface area (Å²) in [5.74, 6) is -1.57. The molecule has 0 N–H and O–H groups in total. The van der Waals surface area contributed by atoms with Crippen LogP contribution in [0.25, 0.3) is 0 Å². The second-order valence-corrected chi connectivity index (χ2v) is 4.97. The van der Waals surface area contributed by atoms with Gasteiger partial charge in [0.25, 0.3) is 18.3 Å². The second-order valence-electron chi connectivity index (χ2n) is 4.97. The van der Waals surface area contributed by atoms with Gasteiger partial charge in [-0.2, -0.15) is 0 Å². The molecule has 2 amide bonds. The van der Waals surface area contributed by atoms with Crippen LogP contribution in [-0.2, 0) is 28.8 Å². The van der Waals surface area contributed by atoms with Crippen LogP contribution in [0.15, 0.2) is 12.2 Å². The molecule has 0 spiro atoms. The van der Waals surface area contributed by atoms with Gasteiger partial charge in [-0.3, -0.25) is 14.4 Å². The monoisotopic (exact) mass is 342 g/mol. The summed E-state index contributed by atoms with van der Waals surface area (Å²) in [4.78, 5) is 46.5. The van der Waals surface area contributed by atoms with Crippen LogP contribution in [0.2, 0.25) is 0 Å². The van der Waals surface area contributed by atoms with Gasteiger partial charge in [-0.25, -0.2) is 4.79 Å². The molecule has 7 heteroatoms. The lowest BCUT2D eigenvalue weighted by Gasteiger charge is -2.12. The number of allylic oxidation sites excluding steroid dienone is 1. The molecule has 0 radical (unpaired) electrons. The van der Waals surface area contributed by atoms with E-state index in [0.29, 0.717) is 5.06 Å². The standard InChI is InChI=1S/C9H14O2.C6H7NO4.C2H6/c10-8-11-9-6-4-2-1-3-5-7-9;1-4(8)11-7-5(9)2-3-6(7)10;1-2/h4,6,8-9H,1-3,5,7H2;2-3H2,1H3;1-2H3/b6-4+;;/i8D;;. The van der Waals surface area contributed by atoms with Gasteiger partial charge in [-0.1, -0.05) is 26.3 Å². The van der Waals surface area contributed by atoms with Crippen LogP contribution >= 0.6 is 0 Å². The molecule has 1 heterocycles. The summed E-state index contributed by atoms with van der Waals surface area (Å²) < 4.78 is 11.4. The SMILES string of the molecule is CC.CC(=O)ON1C(=O)CCC1=O.[2H]C(=O)OC1/C=C/CCCCC1. The lowest BCUT2D eigenvalue weighted by Crippen LogP contribution is -2.30. The van der Waals surface area contributed by atoms with Crippen molar-refractivity contribution in [1.82, 2.24) is 5.06 Å². The van der Waals surface area contributed by atoms with E-state index < -0.39 is 24.2 Å². The molecule has 1 unspecified atom stereocenters. The van der Waals surface area contributed by atoms with E-state index in [1.807, 2.05) is 26.0 Å². The summed E-state index contributed by atoms with van der Waals surface area (Å²) in [7, 11) is 0. The fourth-order valence-corrected chi connectivity index (χ4v) is 2.08. The van der Waals surface area contributed by atoms with Crippen LogP contribution in [0.5, 0.6) is 0 Å². The lowest BCUT2D eigenvalue weighted by atomic mass is 10.0. The molecule has 24 heavy (non-hydrogen) atoms. The molecule has 0 bridgehead atoms. The first-order valence-electron chi connectivity index (χ1n) is 8.78. The highest BCUT2D eigenvalue weighted by Gasteiger charge is 2.31. The maximum absolute atomic E-state index is 10.7. The number of carbonyl (C=O) groups excluding carboxylic acids is 4. The molecule has 1 aliphatic carbocycles. The topological polar surface area (TPSA) is 90.0 Å². The highest BCUT2D eigenvalue weighted by atomic mass is 16.7. The molecule has 1 fully saturated rings.